The number of nitrogens with one attached hydrogen (secondary N) is 1. The Morgan fingerprint density at radius 2 is 1.62 bits per heavy atom. The van der Waals surface area contributed by atoms with E-state index in [-0.39, 0.29) is 50.0 Å². The van der Waals surface area contributed by atoms with E-state index in [0.29, 0.717) is 10.5 Å². The minimum absolute atomic E-state index is 0.00852. The van der Waals surface area contributed by atoms with E-state index < -0.39 is 36.3 Å². The number of hydrogen-bond acceptors (Lipinski definition) is 4. The molecule has 0 radical (unpaired) electrons. The number of para-hydroxylation sites is 2. The lowest BCUT2D eigenvalue weighted by atomic mass is 10.1. The number of carbonyl (C=O) groups is 3. The Kier molecular flexibility index (Phi) is 6.56. The maximum Gasteiger partial charge on any atom is 0.409 e. The van der Waals surface area contributed by atoms with Crippen molar-refractivity contribution in [3.8, 4) is 0 Å². The van der Waals surface area contributed by atoms with Crippen LogP contribution in [0.4, 0.5) is 28.9 Å². The maximum absolute atomic E-state index is 13.8. The number of piperazine rings is 1. The van der Waals surface area contributed by atoms with Crippen molar-refractivity contribution in [2.24, 2.45) is 0 Å². The number of benzene rings is 2. The molecule has 1 fully saturated rings. The van der Waals surface area contributed by atoms with E-state index in [0.717, 1.165) is 0 Å². The van der Waals surface area contributed by atoms with Gasteiger partial charge in [0, 0.05) is 31.7 Å². The van der Waals surface area contributed by atoms with Gasteiger partial charge in [0.2, 0.25) is 11.8 Å². The Bertz CT molecular complexity index is 1080. The zero-order valence-electron chi connectivity index (χ0n) is 18.0. The number of hydrogen-bond donors (Lipinski definition) is 1. The lowest BCUT2D eigenvalue weighted by molar-refractivity contribution is -0.158. The number of halogens is 4. The smallest absolute Gasteiger partial charge is 0.336 e. The Balaban J connectivity index is 1.46. The molecule has 2 aliphatic heterocycles. The monoisotopic (exact) mass is 478 g/mol. The quantitative estimate of drug-likeness (QED) is 0.689. The number of fused-ring (bicyclic) bond motifs is 1. The average molecular weight is 478 g/mol. The molecule has 3 amide bonds. The summed E-state index contributed by atoms with van der Waals surface area (Å²) in [5, 5.41) is 2.44. The first-order chi connectivity index (χ1) is 16.1. The van der Waals surface area contributed by atoms with Crippen LogP contribution in [0.3, 0.4) is 0 Å². The van der Waals surface area contributed by atoms with E-state index in [4.69, 9.17) is 0 Å². The predicted octanol–water partition coefficient (Wildman–Crippen LogP) is 2.89. The summed E-state index contributed by atoms with van der Waals surface area (Å²) in [7, 11) is 0. The molecule has 2 aliphatic rings. The van der Waals surface area contributed by atoms with Crippen LogP contribution in [0.1, 0.15) is 16.8 Å². The minimum atomic E-state index is -4.80. The van der Waals surface area contributed by atoms with Crippen molar-refractivity contribution in [3.63, 3.8) is 0 Å². The van der Waals surface area contributed by atoms with Crippen LogP contribution >= 0.6 is 0 Å². The van der Waals surface area contributed by atoms with Gasteiger partial charge in [0.15, 0.2) is 0 Å². The SMILES string of the molecule is O=C1CC(C(F)(F)F)N(C(=O)CN2CCN(C(=O)c3ccc(F)cc3)CC2)c2ccccc2N1. The van der Waals surface area contributed by atoms with Crippen LogP contribution in [0.25, 0.3) is 0 Å². The standard InChI is InChI=1S/C23H22F4N4O3/c24-16-7-5-15(6-8-16)22(34)30-11-9-29(10-12-30)14-21(33)31-18-4-2-1-3-17(18)28-20(32)13-19(31)23(25,26)27/h1-8,19H,9-14H2,(H,28,32). The fourth-order valence-electron chi connectivity index (χ4n) is 4.15. The largest absolute Gasteiger partial charge is 0.409 e. The maximum atomic E-state index is 13.8. The molecule has 1 N–H and O–H groups in total. The van der Waals surface area contributed by atoms with E-state index in [9.17, 15) is 31.9 Å². The summed E-state index contributed by atoms with van der Waals surface area (Å²) < 4.78 is 54.6. The fourth-order valence-corrected chi connectivity index (χ4v) is 4.15. The van der Waals surface area contributed by atoms with Gasteiger partial charge in [-0.3, -0.25) is 24.2 Å². The van der Waals surface area contributed by atoms with Crippen molar-refractivity contribution in [1.29, 1.82) is 0 Å². The number of anilines is 2. The van der Waals surface area contributed by atoms with Crippen LogP contribution in [-0.2, 0) is 9.59 Å². The third kappa shape index (κ3) is 5.04. The van der Waals surface area contributed by atoms with Crippen molar-refractivity contribution in [2.45, 2.75) is 18.6 Å². The van der Waals surface area contributed by atoms with Gasteiger partial charge in [0.05, 0.1) is 24.3 Å². The van der Waals surface area contributed by atoms with Gasteiger partial charge in [-0.1, -0.05) is 12.1 Å². The molecule has 7 nitrogen and oxygen atoms in total. The molecule has 0 spiro atoms. The van der Waals surface area contributed by atoms with Crippen LogP contribution in [0.2, 0.25) is 0 Å². The molecule has 1 atom stereocenters. The van der Waals surface area contributed by atoms with Crippen molar-refractivity contribution in [3.05, 3.63) is 59.9 Å². The minimum Gasteiger partial charge on any atom is -0.336 e. The predicted molar refractivity (Wildman–Crippen MR) is 116 cm³/mol. The normalized spacial score (nSPS) is 19.3. The average Bonchev–Trinajstić information content (AvgIpc) is 2.95. The van der Waals surface area contributed by atoms with Gasteiger partial charge >= 0.3 is 6.18 Å². The Hall–Kier alpha value is -3.47. The van der Waals surface area contributed by atoms with Gasteiger partial charge in [-0.05, 0) is 36.4 Å². The number of rotatable bonds is 3. The summed E-state index contributed by atoms with van der Waals surface area (Å²) in [6.07, 6.45) is -5.70. The Labute approximate surface area is 192 Å². The van der Waals surface area contributed by atoms with Crippen LogP contribution in [0.5, 0.6) is 0 Å². The highest BCUT2D eigenvalue weighted by atomic mass is 19.4. The first-order valence-electron chi connectivity index (χ1n) is 10.7. The van der Waals surface area contributed by atoms with E-state index in [2.05, 4.69) is 5.32 Å². The molecular formula is C23H22F4N4O3. The Morgan fingerprint density at radius 3 is 2.26 bits per heavy atom. The van der Waals surface area contributed by atoms with Gasteiger partial charge in [-0.2, -0.15) is 13.2 Å². The summed E-state index contributed by atoms with van der Waals surface area (Å²) in [6, 6.07) is 8.76. The van der Waals surface area contributed by atoms with Crippen LogP contribution in [0.15, 0.2) is 48.5 Å². The van der Waals surface area contributed by atoms with Gasteiger partial charge < -0.3 is 10.2 Å². The molecule has 180 valence electrons. The van der Waals surface area contributed by atoms with Gasteiger partial charge in [-0.15, -0.1) is 0 Å². The zero-order valence-corrected chi connectivity index (χ0v) is 18.0. The third-order valence-electron chi connectivity index (χ3n) is 5.88. The summed E-state index contributed by atoms with van der Waals surface area (Å²) in [6.45, 7) is 0.795. The summed E-state index contributed by atoms with van der Waals surface area (Å²) in [5.41, 5.74) is 0.463. The first kappa shape index (κ1) is 23.7. The molecule has 0 bridgehead atoms. The highest BCUT2D eigenvalue weighted by molar-refractivity contribution is 6.05. The summed E-state index contributed by atoms with van der Waals surface area (Å²) >= 11 is 0. The second kappa shape index (κ2) is 9.41. The summed E-state index contributed by atoms with van der Waals surface area (Å²) in [4.78, 5) is 41.7. The highest BCUT2D eigenvalue weighted by Gasteiger charge is 2.49. The fraction of sp³-hybridized carbons (Fsp3) is 0.348. The van der Waals surface area contributed by atoms with Gasteiger partial charge in [0.1, 0.15) is 11.9 Å². The van der Waals surface area contributed by atoms with Gasteiger partial charge in [-0.25, -0.2) is 4.39 Å². The number of carbonyl (C=O) groups excluding carboxylic acids is 3. The van der Waals surface area contributed by atoms with E-state index in [1.54, 1.807) is 15.9 Å². The second-order valence-electron chi connectivity index (χ2n) is 8.17. The molecule has 1 unspecified atom stereocenters. The molecule has 11 heteroatoms. The van der Waals surface area contributed by atoms with Crippen molar-refractivity contribution >= 4 is 29.1 Å². The molecule has 2 aromatic carbocycles. The molecule has 0 aliphatic carbocycles. The molecule has 0 saturated carbocycles. The van der Waals surface area contributed by atoms with Gasteiger partial charge in [0.25, 0.3) is 5.91 Å². The second-order valence-corrected chi connectivity index (χ2v) is 8.17. The number of amides is 3. The van der Waals surface area contributed by atoms with Crippen molar-refractivity contribution in [2.75, 3.05) is 42.9 Å². The molecule has 0 aromatic heterocycles. The lowest BCUT2D eigenvalue weighted by Crippen LogP contribution is -2.55. The first-order valence-corrected chi connectivity index (χ1v) is 10.7. The molecule has 2 aromatic rings. The highest BCUT2D eigenvalue weighted by Crippen LogP contribution is 2.37. The molecule has 1 saturated heterocycles. The molecular weight excluding hydrogens is 456 g/mol. The van der Waals surface area contributed by atoms with Crippen LogP contribution < -0.4 is 10.2 Å². The topological polar surface area (TPSA) is 73.0 Å². The van der Waals surface area contributed by atoms with Crippen molar-refractivity contribution < 1.29 is 31.9 Å². The summed E-state index contributed by atoms with van der Waals surface area (Å²) in [5.74, 6) is -2.35. The zero-order chi connectivity index (χ0) is 24.5. The number of alkyl halides is 3. The lowest BCUT2D eigenvalue weighted by Gasteiger charge is -2.37. The number of nitrogens with zero attached hydrogens (tertiary/aromatic N) is 3. The van der Waals surface area contributed by atoms with E-state index in [1.807, 2.05) is 0 Å². The molecule has 34 heavy (non-hydrogen) atoms. The molecule has 4 rings (SSSR count). The third-order valence-corrected chi connectivity index (χ3v) is 5.88. The van der Waals surface area contributed by atoms with Crippen LogP contribution in [-0.4, -0.2) is 72.5 Å². The molecule has 2 heterocycles. The van der Waals surface area contributed by atoms with Crippen molar-refractivity contribution in [1.82, 2.24) is 9.80 Å². The van der Waals surface area contributed by atoms with E-state index >= 15 is 0 Å². The van der Waals surface area contributed by atoms with Crippen LogP contribution in [0, 0.1) is 5.82 Å². The Morgan fingerprint density at radius 1 is 0.971 bits per heavy atom. The van der Waals surface area contributed by atoms with E-state index in [1.165, 1.54) is 42.5 Å².